The standard InChI is InChI=1S/C18H24N2O/c1-12(2)21-17-8-6-7-15(11-17)18(19-5)16-9-13(3)20-14(4)10-16/h6-12,18-19H,1-5H3. The molecule has 0 aliphatic rings. The van der Waals surface area contributed by atoms with Crippen LogP contribution in [0.3, 0.4) is 0 Å². The summed E-state index contributed by atoms with van der Waals surface area (Å²) in [4.78, 5) is 4.45. The van der Waals surface area contributed by atoms with E-state index in [0.29, 0.717) is 0 Å². The number of nitrogens with zero attached hydrogens (tertiary/aromatic N) is 1. The predicted molar refractivity (Wildman–Crippen MR) is 86.8 cm³/mol. The van der Waals surface area contributed by atoms with Gasteiger partial charge in [-0.1, -0.05) is 12.1 Å². The Labute approximate surface area is 127 Å². The number of aromatic nitrogens is 1. The molecule has 0 aliphatic heterocycles. The molecule has 21 heavy (non-hydrogen) atoms. The zero-order valence-electron chi connectivity index (χ0n) is 13.5. The number of pyridine rings is 1. The summed E-state index contributed by atoms with van der Waals surface area (Å²) in [7, 11) is 1.98. The molecular formula is C18H24N2O. The minimum absolute atomic E-state index is 0.140. The van der Waals surface area contributed by atoms with Crippen LogP contribution >= 0.6 is 0 Å². The highest BCUT2D eigenvalue weighted by atomic mass is 16.5. The van der Waals surface area contributed by atoms with E-state index in [1.54, 1.807) is 0 Å². The second kappa shape index (κ2) is 6.72. The number of nitrogens with one attached hydrogen (secondary N) is 1. The van der Waals surface area contributed by atoms with Gasteiger partial charge in [0.2, 0.25) is 0 Å². The Kier molecular flexibility index (Phi) is 4.97. The van der Waals surface area contributed by atoms with Crippen molar-refractivity contribution < 1.29 is 4.74 Å². The van der Waals surface area contributed by atoms with Crippen molar-refractivity contribution in [3.8, 4) is 5.75 Å². The van der Waals surface area contributed by atoms with Crippen molar-refractivity contribution in [2.75, 3.05) is 7.05 Å². The van der Waals surface area contributed by atoms with E-state index < -0.39 is 0 Å². The number of hydrogen-bond donors (Lipinski definition) is 1. The van der Waals surface area contributed by atoms with Gasteiger partial charge in [0, 0.05) is 11.4 Å². The van der Waals surface area contributed by atoms with Crippen molar-refractivity contribution in [2.24, 2.45) is 0 Å². The lowest BCUT2D eigenvalue weighted by Gasteiger charge is -2.19. The second-order valence-corrected chi connectivity index (χ2v) is 5.64. The van der Waals surface area contributed by atoms with Crippen LogP contribution in [0.2, 0.25) is 0 Å². The highest BCUT2D eigenvalue weighted by Crippen LogP contribution is 2.26. The maximum Gasteiger partial charge on any atom is 0.120 e. The van der Waals surface area contributed by atoms with Crippen molar-refractivity contribution in [1.82, 2.24) is 10.3 Å². The SMILES string of the molecule is CNC(c1cccc(OC(C)C)c1)c1cc(C)nc(C)c1. The van der Waals surface area contributed by atoms with Gasteiger partial charge in [0.05, 0.1) is 12.1 Å². The van der Waals surface area contributed by atoms with Gasteiger partial charge in [-0.05, 0) is 70.1 Å². The Morgan fingerprint density at radius 1 is 1.00 bits per heavy atom. The fourth-order valence-corrected chi connectivity index (χ4v) is 2.60. The van der Waals surface area contributed by atoms with E-state index in [0.717, 1.165) is 17.1 Å². The molecule has 1 unspecified atom stereocenters. The molecule has 1 heterocycles. The van der Waals surface area contributed by atoms with Crippen LogP contribution in [0.1, 0.15) is 42.4 Å². The second-order valence-electron chi connectivity index (χ2n) is 5.64. The lowest BCUT2D eigenvalue weighted by atomic mass is 9.98. The lowest BCUT2D eigenvalue weighted by Crippen LogP contribution is -2.18. The van der Waals surface area contributed by atoms with Crippen LogP contribution in [-0.4, -0.2) is 18.1 Å². The van der Waals surface area contributed by atoms with Crippen molar-refractivity contribution in [3.63, 3.8) is 0 Å². The molecule has 1 aromatic heterocycles. The summed E-state index contributed by atoms with van der Waals surface area (Å²) >= 11 is 0. The minimum Gasteiger partial charge on any atom is -0.491 e. The normalized spacial score (nSPS) is 12.5. The Hall–Kier alpha value is -1.87. The van der Waals surface area contributed by atoms with Gasteiger partial charge in [0.25, 0.3) is 0 Å². The maximum absolute atomic E-state index is 5.79. The zero-order valence-corrected chi connectivity index (χ0v) is 13.5. The van der Waals surface area contributed by atoms with Crippen LogP contribution in [-0.2, 0) is 0 Å². The molecule has 0 saturated carbocycles. The summed E-state index contributed by atoms with van der Waals surface area (Å²) in [5.41, 5.74) is 4.50. The fourth-order valence-electron chi connectivity index (χ4n) is 2.60. The molecule has 3 nitrogen and oxygen atoms in total. The molecule has 0 bridgehead atoms. The summed E-state index contributed by atoms with van der Waals surface area (Å²) in [6, 6.07) is 12.7. The van der Waals surface area contributed by atoms with E-state index >= 15 is 0 Å². The first kappa shape index (κ1) is 15.5. The van der Waals surface area contributed by atoms with E-state index in [9.17, 15) is 0 Å². The van der Waals surface area contributed by atoms with Gasteiger partial charge >= 0.3 is 0 Å². The van der Waals surface area contributed by atoms with Crippen LogP contribution in [0, 0.1) is 13.8 Å². The first-order valence-electron chi connectivity index (χ1n) is 7.38. The van der Waals surface area contributed by atoms with E-state index in [1.165, 1.54) is 11.1 Å². The Balaban J connectivity index is 2.36. The Morgan fingerprint density at radius 2 is 1.67 bits per heavy atom. The molecule has 0 radical (unpaired) electrons. The average Bonchev–Trinajstić information content (AvgIpc) is 2.38. The molecule has 112 valence electrons. The molecule has 1 aromatic carbocycles. The van der Waals surface area contributed by atoms with Crippen LogP contribution in [0.4, 0.5) is 0 Å². The quantitative estimate of drug-likeness (QED) is 0.907. The molecule has 3 heteroatoms. The van der Waals surface area contributed by atoms with Gasteiger partial charge < -0.3 is 10.1 Å². The smallest absolute Gasteiger partial charge is 0.120 e. The molecular weight excluding hydrogens is 260 g/mol. The molecule has 2 rings (SSSR count). The van der Waals surface area contributed by atoms with E-state index in [4.69, 9.17) is 4.74 Å². The first-order chi connectivity index (χ1) is 9.99. The molecule has 0 saturated heterocycles. The number of aryl methyl sites for hydroxylation is 2. The summed E-state index contributed by atoms with van der Waals surface area (Å²) in [5, 5.41) is 3.39. The van der Waals surface area contributed by atoms with Gasteiger partial charge in [0.15, 0.2) is 0 Å². The molecule has 0 aliphatic carbocycles. The fraction of sp³-hybridized carbons (Fsp3) is 0.389. The largest absolute Gasteiger partial charge is 0.491 e. The summed E-state index contributed by atoms with van der Waals surface area (Å²) in [6.45, 7) is 8.14. The van der Waals surface area contributed by atoms with Crippen molar-refractivity contribution >= 4 is 0 Å². The van der Waals surface area contributed by atoms with Gasteiger partial charge in [-0.25, -0.2) is 0 Å². The highest BCUT2D eigenvalue weighted by Gasteiger charge is 2.14. The third-order valence-corrected chi connectivity index (χ3v) is 3.29. The Morgan fingerprint density at radius 3 is 2.24 bits per heavy atom. The van der Waals surface area contributed by atoms with Gasteiger partial charge in [0.1, 0.15) is 5.75 Å². The molecule has 1 atom stereocenters. The van der Waals surface area contributed by atoms with Gasteiger partial charge in [-0.15, -0.1) is 0 Å². The molecule has 0 spiro atoms. The van der Waals surface area contributed by atoms with Crippen LogP contribution < -0.4 is 10.1 Å². The monoisotopic (exact) mass is 284 g/mol. The lowest BCUT2D eigenvalue weighted by molar-refractivity contribution is 0.242. The molecule has 2 aromatic rings. The topological polar surface area (TPSA) is 34.1 Å². The highest BCUT2D eigenvalue weighted by molar-refractivity contribution is 5.37. The first-order valence-corrected chi connectivity index (χ1v) is 7.38. The van der Waals surface area contributed by atoms with Crippen molar-refractivity contribution in [3.05, 3.63) is 58.9 Å². The maximum atomic E-state index is 5.79. The Bertz CT molecular complexity index is 588. The average molecular weight is 284 g/mol. The number of hydrogen-bond acceptors (Lipinski definition) is 3. The summed E-state index contributed by atoms with van der Waals surface area (Å²) in [6.07, 6.45) is 0.179. The van der Waals surface area contributed by atoms with Crippen molar-refractivity contribution in [1.29, 1.82) is 0 Å². The number of ether oxygens (including phenoxy) is 1. The van der Waals surface area contributed by atoms with Crippen LogP contribution in [0.15, 0.2) is 36.4 Å². The van der Waals surface area contributed by atoms with Crippen LogP contribution in [0.5, 0.6) is 5.75 Å². The summed E-state index contributed by atoms with van der Waals surface area (Å²) in [5.74, 6) is 0.908. The minimum atomic E-state index is 0.140. The van der Waals surface area contributed by atoms with Crippen LogP contribution in [0.25, 0.3) is 0 Å². The summed E-state index contributed by atoms with van der Waals surface area (Å²) < 4.78 is 5.79. The van der Waals surface area contributed by atoms with E-state index in [-0.39, 0.29) is 12.1 Å². The molecule has 0 amide bonds. The number of rotatable bonds is 5. The van der Waals surface area contributed by atoms with Gasteiger partial charge in [-0.2, -0.15) is 0 Å². The number of benzene rings is 1. The molecule has 0 fully saturated rings. The molecule has 1 N–H and O–H groups in total. The van der Waals surface area contributed by atoms with E-state index in [1.807, 2.05) is 46.9 Å². The van der Waals surface area contributed by atoms with Gasteiger partial charge in [-0.3, -0.25) is 4.98 Å². The predicted octanol–water partition coefficient (Wildman–Crippen LogP) is 3.79. The third kappa shape index (κ3) is 4.05. The van der Waals surface area contributed by atoms with E-state index in [2.05, 4.69) is 34.6 Å². The zero-order chi connectivity index (χ0) is 15.4. The van der Waals surface area contributed by atoms with Crippen molar-refractivity contribution in [2.45, 2.75) is 39.8 Å². The third-order valence-electron chi connectivity index (χ3n) is 3.29.